The van der Waals surface area contributed by atoms with Gasteiger partial charge in [-0.3, -0.25) is 24.1 Å². The van der Waals surface area contributed by atoms with Crippen molar-refractivity contribution in [1.82, 2.24) is 4.90 Å². The summed E-state index contributed by atoms with van der Waals surface area (Å²) in [6, 6.07) is 4.50. The van der Waals surface area contributed by atoms with Crippen LogP contribution >= 0.6 is 0 Å². The van der Waals surface area contributed by atoms with Crippen LogP contribution < -0.4 is 10.2 Å². The number of anilines is 2. The number of hydrogen-bond donors (Lipinski definition) is 1. The number of carbonyl (C=O) groups is 4. The highest BCUT2D eigenvalue weighted by Gasteiger charge is 2.50. The number of nitrogens with one attached hydrogen (secondary N) is 1. The van der Waals surface area contributed by atoms with Gasteiger partial charge in [0.25, 0.3) is 0 Å². The zero-order chi connectivity index (χ0) is 20.7. The lowest BCUT2D eigenvalue weighted by molar-refractivity contribution is -0.146. The van der Waals surface area contributed by atoms with Crippen LogP contribution in [0, 0.1) is 18.8 Å². The van der Waals surface area contributed by atoms with E-state index in [4.69, 9.17) is 0 Å². The van der Waals surface area contributed by atoms with Crippen molar-refractivity contribution in [3.8, 4) is 0 Å². The lowest BCUT2D eigenvalue weighted by Gasteiger charge is -2.23. The number of rotatable bonds is 4. The van der Waals surface area contributed by atoms with Crippen LogP contribution in [0.1, 0.15) is 38.2 Å². The highest BCUT2D eigenvalue weighted by molar-refractivity contribution is 6.10. The van der Waals surface area contributed by atoms with Gasteiger partial charge >= 0.3 is 0 Å². The molecule has 1 aliphatic carbocycles. The van der Waals surface area contributed by atoms with Gasteiger partial charge in [-0.2, -0.15) is 0 Å². The average Bonchev–Trinajstić information content (AvgIpc) is 3.23. The molecule has 0 spiro atoms. The Hall–Kier alpha value is -2.96. The number of nitrogens with zero attached hydrogens (tertiary/aromatic N) is 2. The minimum absolute atomic E-state index is 0.112. The lowest BCUT2D eigenvalue weighted by atomic mass is 9.85. The number of fused-ring (bicyclic) bond motifs is 1. The molecule has 1 N–H and O–H groups in total. The predicted molar refractivity (Wildman–Crippen MR) is 108 cm³/mol. The van der Waals surface area contributed by atoms with Gasteiger partial charge in [0.05, 0.1) is 11.8 Å². The summed E-state index contributed by atoms with van der Waals surface area (Å²) in [6.07, 6.45) is 6.37. The molecular weight excluding hydrogens is 370 g/mol. The van der Waals surface area contributed by atoms with E-state index in [0.717, 1.165) is 22.6 Å². The van der Waals surface area contributed by atoms with Crippen LogP contribution in [0.25, 0.3) is 0 Å². The van der Waals surface area contributed by atoms with Crippen LogP contribution in [-0.4, -0.2) is 41.1 Å². The molecule has 0 aromatic heterocycles. The predicted octanol–water partition coefficient (Wildman–Crippen LogP) is 2.40. The van der Waals surface area contributed by atoms with Gasteiger partial charge in [0.15, 0.2) is 0 Å². The SMILES string of the molecule is Cc1cc(NC(=O)[C@H](C)N2C(=O)[C@H]3CC=CC[C@H]3C2=O)ccc1N1CCCC1=O. The van der Waals surface area contributed by atoms with Crippen LogP contribution in [0.3, 0.4) is 0 Å². The third kappa shape index (κ3) is 3.34. The quantitative estimate of drug-likeness (QED) is 0.627. The minimum atomic E-state index is -0.874. The number of amides is 4. The van der Waals surface area contributed by atoms with Crippen LogP contribution in [-0.2, 0) is 19.2 Å². The number of aryl methyl sites for hydroxylation is 1. The second-order valence-electron chi connectivity index (χ2n) is 8.02. The van der Waals surface area contributed by atoms with E-state index in [1.54, 1.807) is 17.9 Å². The van der Waals surface area contributed by atoms with Crippen molar-refractivity contribution in [1.29, 1.82) is 0 Å². The van der Waals surface area contributed by atoms with E-state index in [9.17, 15) is 19.2 Å². The Labute approximate surface area is 169 Å². The fraction of sp³-hybridized carbons (Fsp3) is 0.455. The summed E-state index contributed by atoms with van der Waals surface area (Å²) in [6.45, 7) is 4.18. The minimum Gasteiger partial charge on any atom is -0.324 e. The van der Waals surface area contributed by atoms with Crippen LogP contribution in [0.15, 0.2) is 30.4 Å². The summed E-state index contributed by atoms with van der Waals surface area (Å²) in [7, 11) is 0. The van der Waals surface area contributed by atoms with Gasteiger partial charge in [-0.05, 0) is 56.9 Å². The van der Waals surface area contributed by atoms with Gasteiger partial charge in [0.1, 0.15) is 6.04 Å². The average molecular weight is 395 g/mol. The fourth-order valence-corrected chi connectivity index (χ4v) is 4.51. The number of likely N-dealkylation sites (tertiary alicyclic amines) is 1. The van der Waals surface area contributed by atoms with Crippen molar-refractivity contribution < 1.29 is 19.2 Å². The van der Waals surface area contributed by atoms with Crippen molar-refractivity contribution in [3.05, 3.63) is 35.9 Å². The summed E-state index contributed by atoms with van der Waals surface area (Å²) in [5, 5.41) is 2.81. The second kappa shape index (κ2) is 7.46. The molecule has 2 aliphatic heterocycles. The summed E-state index contributed by atoms with van der Waals surface area (Å²) < 4.78 is 0. The third-order valence-corrected chi connectivity index (χ3v) is 6.14. The number of carbonyl (C=O) groups excluding carboxylic acids is 4. The van der Waals surface area contributed by atoms with Gasteiger partial charge in [-0.1, -0.05) is 12.2 Å². The Morgan fingerprint density at radius 2 is 1.76 bits per heavy atom. The van der Waals surface area contributed by atoms with E-state index in [-0.39, 0.29) is 29.6 Å². The Morgan fingerprint density at radius 3 is 2.31 bits per heavy atom. The summed E-state index contributed by atoms with van der Waals surface area (Å²) in [5.74, 6) is -1.50. The molecule has 0 radical (unpaired) electrons. The molecule has 3 atom stereocenters. The van der Waals surface area contributed by atoms with E-state index in [1.807, 2.05) is 31.2 Å². The zero-order valence-corrected chi connectivity index (χ0v) is 16.7. The number of allylic oxidation sites excluding steroid dienone is 2. The van der Waals surface area contributed by atoms with E-state index < -0.39 is 11.9 Å². The van der Waals surface area contributed by atoms with Crippen LogP contribution in [0.2, 0.25) is 0 Å². The van der Waals surface area contributed by atoms with Gasteiger partial charge < -0.3 is 10.2 Å². The Morgan fingerprint density at radius 1 is 1.10 bits per heavy atom. The Bertz CT molecular complexity index is 897. The van der Waals surface area contributed by atoms with Crippen LogP contribution in [0.4, 0.5) is 11.4 Å². The molecule has 0 saturated carbocycles. The first-order chi connectivity index (χ1) is 13.9. The van der Waals surface area contributed by atoms with E-state index in [2.05, 4.69) is 5.32 Å². The maximum Gasteiger partial charge on any atom is 0.247 e. The fourth-order valence-electron chi connectivity index (χ4n) is 4.51. The highest BCUT2D eigenvalue weighted by Crippen LogP contribution is 2.36. The van der Waals surface area contributed by atoms with E-state index >= 15 is 0 Å². The van der Waals surface area contributed by atoms with Crippen molar-refractivity contribution in [3.63, 3.8) is 0 Å². The van der Waals surface area contributed by atoms with E-state index in [1.165, 1.54) is 0 Å². The topological polar surface area (TPSA) is 86.8 Å². The van der Waals surface area contributed by atoms with Gasteiger partial charge in [-0.25, -0.2) is 0 Å². The number of imide groups is 1. The normalized spacial score (nSPS) is 24.8. The molecule has 2 heterocycles. The maximum absolute atomic E-state index is 12.8. The first-order valence-electron chi connectivity index (χ1n) is 10.1. The lowest BCUT2D eigenvalue weighted by Crippen LogP contribution is -2.46. The monoisotopic (exact) mass is 395 g/mol. The molecule has 152 valence electrons. The molecule has 1 aromatic rings. The van der Waals surface area contributed by atoms with Gasteiger partial charge in [0.2, 0.25) is 23.6 Å². The highest BCUT2D eigenvalue weighted by atomic mass is 16.2. The largest absolute Gasteiger partial charge is 0.324 e. The van der Waals surface area contributed by atoms with Crippen molar-refractivity contribution in [2.24, 2.45) is 11.8 Å². The molecule has 2 saturated heterocycles. The molecule has 7 heteroatoms. The molecular formula is C22H25N3O4. The third-order valence-electron chi connectivity index (χ3n) is 6.14. The van der Waals surface area contributed by atoms with Gasteiger partial charge in [0, 0.05) is 24.3 Å². The smallest absolute Gasteiger partial charge is 0.247 e. The summed E-state index contributed by atoms with van der Waals surface area (Å²) in [4.78, 5) is 53.0. The number of hydrogen-bond acceptors (Lipinski definition) is 4. The zero-order valence-electron chi connectivity index (χ0n) is 16.7. The molecule has 1 aromatic carbocycles. The molecule has 29 heavy (non-hydrogen) atoms. The molecule has 4 rings (SSSR count). The van der Waals surface area contributed by atoms with Crippen molar-refractivity contribution in [2.75, 3.05) is 16.8 Å². The van der Waals surface area contributed by atoms with Gasteiger partial charge in [-0.15, -0.1) is 0 Å². The van der Waals surface area contributed by atoms with Crippen molar-refractivity contribution in [2.45, 2.75) is 45.6 Å². The maximum atomic E-state index is 12.8. The first-order valence-corrected chi connectivity index (χ1v) is 10.1. The standard InChI is InChI=1S/C22H25N3O4/c1-13-12-15(9-10-18(13)24-11-5-8-19(24)26)23-20(27)14(2)25-21(28)16-6-3-4-7-17(16)22(25)29/h3-4,9-10,12,14,16-17H,5-8,11H2,1-2H3,(H,23,27)/t14-,16-,17+/m0/s1. The molecule has 7 nitrogen and oxygen atoms in total. The molecule has 4 amide bonds. The molecule has 3 aliphatic rings. The molecule has 0 unspecified atom stereocenters. The first kappa shape index (κ1) is 19.4. The Balaban J connectivity index is 1.46. The van der Waals surface area contributed by atoms with E-state index in [0.29, 0.717) is 31.5 Å². The summed E-state index contributed by atoms with van der Waals surface area (Å²) in [5.41, 5.74) is 2.31. The van der Waals surface area contributed by atoms with Crippen molar-refractivity contribution >= 4 is 35.0 Å². The Kier molecular flexibility index (Phi) is 4.98. The summed E-state index contributed by atoms with van der Waals surface area (Å²) >= 11 is 0. The second-order valence-corrected chi connectivity index (χ2v) is 8.02. The number of benzene rings is 1. The molecule has 2 fully saturated rings. The molecule has 0 bridgehead atoms. The van der Waals surface area contributed by atoms with Crippen LogP contribution in [0.5, 0.6) is 0 Å².